The van der Waals surface area contributed by atoms with E-state index in [2.05, 4.69) is 182 Å². The fourth-order valence-corrected chi connectivity index (χ4v) is 7.92. The predicted molar refractivity (Wildman–Crippen MR) is 207 cm³/mol. The summed E-state index contributed by atoms with van der Waals surface area (Å²) >= 11 is 0. The van der Waals surface area contributed by atoms with Crippen LogP contribution in [0.3, 0.4) is 0 Å². The SMILES string of the molecule is c1ccc2c(-c3ccc(-c4ccc5ccc6ccc(-c7ccc(-c8cccc9ccccc89)cc7)c7ccc4c5c67)cc3)cccc2c1. The van der Waals surface area contributed by atoms with Crippen LogP contribution in [0.1, 0.15) is 0 Å². The average Bonchev–Trinajstić information content (AvgIpc) is 3.16. The van der Waals surface area contributed by atoms with E-state index in [1.807, 2.05) is 0 Å². The maximum Gasteiger partial charge on any atom is -0.00203 e. The van der Waals surface area contributed by atoms with Crippen molar-refractivity contribution >= 4 is 53.9 Å². The van der Waals surface area contributed by atoms with Crippen LogP contribution >= 0.6 is 0 Å². The Labute approximate surface area is 279 Å². The third-order valence-electron chi connectivity index (χ3n) is 10.3. The Morgan fingerprint density at radius 2 is 0.521 bits per heavy atom. The first-order valence-electron chi connectivity index (χ1n) is 16.7. The predicted octanol–water partition coefficient (Wildman–Crippen LogP) is 13.6. The molecule has 0 aromatic heterocycles. The second-order valence-corrected chi connectivity index (χ2v) is 12.9. The average molecular weight is 607 g/mol. The van der Waals surface area contributed by atoms with Crippen molar-refractivity contribution in [1.29, 1.82) is 0 Å². The first-order valence-corrected chi connectivity index (χ1v) is 16.7. The Morgan fingerprint density at radius 3 is 0.938 bits per heavy atom. The standard InChI is InChI=1S/C48H30/c1-3-11-39-31(7-1)9-5-13-41(39)33-15-19-35(20-16-33)43-27-25-37-23-24-38-26-28-44(46-30-29-45(43)47(37)48(38)46)36-21-17-34(18-22-36)42-14-6-10-32-8-2-4-12-40(32)42/h1-30H. The van der Waals surface area contributed by atoms with Crippen LogP contribution < -0.4 is 0 Å². The molecule has 48 heavy (non-hydrogen) atoms. The van der Waals surface area contributed by atoms with Crippen LogP contribution in [0, 0.1) is 0 Å². The van der Waals surface area contributed by atoms with Crippen molar-refractivity contribution in [2.24, 2.45) is 0 Å². The van der Waals surface area contributed by atoms with Gasteiger partial charge in [-0.25, -0.2) is 0 Å². The number of hydrogen-bond acceptors (Lipinski definition) is 0. The van der Waals surface area contributed by atoms with Gasteiger partial charge in [-0.3, -0.25) is 0 Å². The Balaban J connectivity index is 1.08. The molecule has 0 aliphatic rings. The minimum atomic E-state index is 1.24. The molecule has 0 amide bonds. The number of rotatable bonds is 4. The molecule has 0 saturated heterocycles. The molecule has 0 bridgehead atoms. The summed E-state index contributed by atoms with van der Waals surface area (Å²) in [5.41, 5.74) is 10.0. The molecular formula is C48H30. The second-order valence-electron chi connectivity index (χ2n) is 12.9. The second kappa shape index (κ2) is 10.7. The van der Waals surface area contributed by atoms with Crippen molar-refractivity contribution in [3.63, 3.8) is 0 Å². The first-order chi connectivity index (χ1) is 23.8. The molecule has 0 saturated carbocycles. The molecule has 10 aromatic rings. The van der Waals surface area contributed by atoms with Crippen LogP contribution in [-0.2, 0) is 0 Å². The molecule has 10 rings (SSSR count). The summed E-state index contributed by atoms with van der Waals surface area (Å²) in [4.78, 5) is 0. The number of benzene rings is 10. The largest absolute Gasteiger partial charge is 0.0616 e. The van der Waals surface area contributed by atoms with E-state index in [9.17, 15) is 0 Å². The fourth-order valence-electron chi connectivity index (χ4n) is 7.92. The van der Waals surface area contributed by atoms with Gasteiger partial charge in [0.05, 0.1) is 0 Å². The lowest BCUT2D eigenvalue weighted by atomic mass is 9.86. The zero-order valence-corrected chi connectivity index (χ0v) is 26.3. The minimum Gasteiger partial charge on any atom is -0.0616 e. The van der Waals surface area contributed by atoms with E-state index < -0.39 is 0 Å². The van der Waals surface area contributed by atoms with Crippen molar-refractivity contribution in [3.05, 3.63) is 182 Å². The van der Waals surface area contributed by atoms with Crippen molar-refractivity contribution in [1.82, 2.24) is 0 Å². The van der Waals surface area contributed by atoms with Gasteiger partial charge in [0, 0.05) is 0 Å². The van der Waals surface area contributed by atoms with E-state index in [1.54, 1.807) is 0 Å². The summed E-state index contributed by atoms with van der Waals surface area (Å²) in [7, 11) is 0. The summed E-state index contributed by atoms with van der Waals surface area (Å²) in [6, 6.07) is 67.0. The van der Waals surface area contributed by atoms with Crippen LogP contribution in [0.15, 0.2) is 182 Å². The van der Waals surface area contributed by atoms with E-state index in [0.29, 0.717) is 0 Å². The highest BCUT2D eigenvalue weighted by Crippen LogP contribution is 2.43. The minimum absolute atomic E-state index is 1.24. The van der Waals surface area contributed by atoms with Crippen LogP contribution in [0.4, 0.5) is 0 Å². The van der Waals surface area contributed by atoms with E-state index in [4.69, 9.17) is 0 Å². The molecule has 10 aromatic carbocycles. The molecule has 222 valence electrons. The molecule has 0 atom stereocenters. The Bertz CT molecular complexity index is 2600. The quantitative estimate of drug-likeness (QED) is 0.175. The van der Waals surface area contributed by atoms with Gasteiger partial charge in [-0.05, 0) is 98.4 Å². The zero-order valence-electron chi connectivity index (χ0n) is 26.3. The summed E-state index contributed by atoms with van der Waals surface area (Å²) in [6.07, 6.45) is 0. The van der Waals surface area contributed by atoms with E-state index in [0.717, 1.165) is 0 Å². The molecular weight excluding hydrogens is 577 g/mol. The molecule has 0 aliphatic heterocycles. The smallest absolute Gasteiger partial charge is 0.00203 e. The maximum absolute atomic E-state index is 2.34. The van der Waals surface area contributed by atoms with Gasteiger partial charge in [-0.1, -0.05) is 182 Å². The van der Waals surface area contributed by atoms with Gasteiger partial charge >= 0.3 is 0 Å². The summed E-state index contributed by atoms with van der Waals surface area (Å²) in [6.45, 7) is 0. The molecule has 0 heterocycles. The molecule has 0 nitrogen and oxygen atoms in total. The van der Waals surface area contributed by atoms with Crippen molar-refractivity contribution in [3.8, 4) is 44.5 Å². The Kier molecular flexibility index (Phi) is 5.98. The Morgan fingerprint density at radius 1 is 0.188 bits per heavy atom. The normalized spacial score (nSPS) is 11.8. The lowest BCUT2D eigenvalue weighted by molar-refractivity contribution is 1.62. The topological polar surface area (TPSA) is 0 Å². The Hall–Kier alpha value is -6.24. The van der Waals surface area contributed by atoms with Gasteiger partial charge in [0.2, 0.25) is 0 Å². The molecule has 0 fully saturated rings. The van der Waals surface area contributed by atoms with Crippen molar-refractivity contribution in [2.45, 2.75) is 0 Å². The molecule has 0 aliphatic carbocycles. The number of fused-ring (bicyclic) bond motifs is 2. The third kappa shape index (κ3) is 4.16. The fraction of sp³-hybridized carbons (Fsp3) is 0. The maximum atomic E-state index is 2.34. The van der Waals surface area contributed by atoms with Gasteiger partial charge in [0.15, 0.2) is 0 Å². The zero-order chi connectivity index (χ0) is 31.6. The van der Waals surface area contributed by atoms with Gasteiger partial charge in [-0.2, -0.15) is 0 Å². The lowest BCUT2D eigenvalue weighted by Crippen LogP contribution is -1.90. The van der Waals surface area contributed by atoms with Crippen LogP contribution in [0.25, 0.3) is 98.4 Å². The van der Waals surface area contributed by atoms with E-state index >= 15 is 0 Å². The van der Waals surface area contributed by atoms with Crippen molar-refractivity contribution in [2.75, 3.05) is 0 Å². The van der Waals surface area contributed by atoms with Gasteiger partial charge in [0.1, 0.15) is 0 Å². The van der Waals surface area contributed by atoms with Gasteiger partial charge in [0.25, 0.3) is 0 Å². The molecule has 0 radical (unpaired) electrons. The summed E-state index contributed by atoms with van der Waals surface area (Å²) in [5, 5.41) is 13.0. The lowest BCUT2D eigenvalue weighted by Gasteiger charge is -2.17. The third-order valence-corrected chi connectivity index (χ3v) is 10.3. The molecule has 0 heteroatoms. The number of hydrogen-bond donors (Lipinski definition) is 0. The van der Waals surface area contributed by atoms with E-state index in [-0.39, 0.29) is 0 Å². The van der Waals surface area contributed by atoms with Crippen molar-refractivity contribution < 1.29 is 0 Å². The van der Waals surface area contributed by atoms with Gasteiger partial charge in [-0.15, -0.1) is 0 Å². The highest BCUT2D eigenvalue weighted by atomic mass is 14.2. The summed E-state index contributed by atoms with van der Waals surface area (Å²) < 4.78 is 0. The van der Waals surface area contributed by atoms with Crippen LogP contribution in [0.5, 0.6) is 0 Å². The van der Waals surface area contributed by atoms with Gasteiger partial charge < -0.3 is 0 Å². The molecule has 0 spiro atoms. The van der Waals surface area contributed by atoms with Crippen LogP contribution in [-0.4, -0.2) is 0 Å². The summed E-state index contributed by atoms with van der Waals surface area (Å²) in [5.74, 6) is 0. The van der Waals surface area contributed by atoms with Crippen LogP contribution in [0.2, 0.25) is 0 Å². The monoisotopic (exact) mass is 606 g/mol. The highest BCUT2D eigenvalue weighted by Gasteiger charge is 2.15. The van der Waals surface area contributed by atoms with E-state index in [1.165, 1.54) is 98.4 Å². The molecule has 0 unspecified atom stereocenters. The highest BCUT2D eigenvalue weighted by molar-refractivity contribution is 6.27. The first kappa shape index (κ1) is 26.9. The molecule has 0 N–H and O–H groups in total.